The van der Waals surface area contributed by atoms with Gasteiger partial charge < -0.3 is 4.90 Å². The molecule has 4 rings (SSSR count). The molecule has 28 heavy (non-hydrogen) atoms. The zero-order valence-electron chi connectivity index (χ0n) is 15.2. The Morgan fingerprint density at radius 1 is 1.18 bits per heavy atom. The van der Waals surface area contributed by atoms with Crippen LogP contribution in [0.1, 0.15) is 40.4 Å². The van der Waals surface area contributed by atoms with E-state index < -0.39 is 0 Å². The first-order valence-corrected chi connectivity index (χ1v) is 9.24. The van der Waals surface area contributed by atoms with Gasteiger partial charge in [0, 0.05) is 35.8 Å². The fourth-order valence-electron chi connectivity index (χ4n) is 3.73. The molecule has 1 aromatic heterocycles. The number of halogens is 1. The van der Waals surface area contributed by atoms with Gasteiger partial charge in [0.15, 0.2) is 0 Å². The number of aromatic nitrogens is 2. The number of hydrogen-bond donors (Lipinski definition) is 1. The molecule has 1 N–H and O–H groups in total. The van der Waals surface area contributed by atoms with Crippen LogP contribution in [0.15, 0.2) is 54.7 Å². The minimum atomic E-state index is -0.273. The molecule has 1 aliphatic heterocycles. The summed E-state index contributed by atoms with van der Waals surface area (Å²) < 4.78 is 13.2. The Balaban J connectivity index is 1.54. The molecule has 1 fully saturated rings. The number of aromatic amines is 1. The van der Waals surface area contributed by atoms with Crippen molar-refractivity contribution in [1.82, 2.24) is 15.1 Å². The molecular formula is C22H19FN4O. The zero-order chi connectivity index (χ0) is 19.5. The van der Waals surface area contributed by atoms with Crippen LogP contribution < -0.4 is 0 Å². The molecule has 0 spiro atoms. The smallest absolute Gasteiger partial charge is 0.253 e. The molecule has 140 valence electrons. The highest BCUT2D eigenvalue weighted by Gasteiger charge is 2.28. The Labute approximate surface area is 162 Å². The standard InChI is InChI=1S/C22H19FN4O/c23-19-9-7-16(8-10-19)20-13-25-26-21(20)18-2-1-11-27(14-18)22(28)17-5-3-15(12-24)4-6-17/h3-10,13,18H,1-2,11,14H2,(H,25,26). The quantitative estimate of drug-likeness (QED) is 0.750. The van der Waals surface area contributed by atoms with E-state index in [0.717, 1.165) is 29.7 Å². The molecule has 2 heterocycles. The van der Waals surface area contributed by atoms with Crippen molar-refractivity contribution in [2.75, 3.05) is 13.1 Å². The molecule has 2 aromatic carbocycles. The van der Waals surface area contributed by atoms with E-state index in [2.05, 4.69) is 16.3 Å². The second-order valence-corrected chi connectivity index (χ2v) is 6.98. The van der Waals surface area contributed by atoms with Gasteiger partial charge in [-0.15, -0.1) is 0 Å². The van der Waals surface area contributed by atoms with E-state index in [0.29, 0.717) is 24.2 Å². The van der Waals surface area contributed by atoms with E-state index >= 15 is 0 Å². The first-order chi connectivity index (χ1) is 13.7. The summed E-state index contributed by atoms with van der Waals surface area (Å²) >= 11 is 0. The van der Waals surface area contributed by atoms with Crippen LogP contribution >= 0.6 is 0 Å². The lowest BCUT2D eigenvalue weighted by Gasteiger charge is -2.33. The van der Waals surface area contributed by atoms with Crippen LogP contribution in [0.2, 0.25) is 0 Å². The van der Waals surface area contributed by atoms with Crippen molar-refractivity contribution in [2.24, 2.45) is 0 Å². The van der Waals surface area contributed by atoms with Crippen LogP contribution in [0, 0.1) is 17.1 Å². The van der Waals surface area contributed by atoms with Crippen LogP contribution in [0.3, 0.4) is 0 Å². The maximum atomic E-state index is 13.2. The lowest BCUT2D eigenvalue weighted by atomic mass is 9.90. The van der Waals surface area contributed by atoms with E-state index in [4.69, 9.17) is 5.26 Å². The maximum Gasteiger partial charge on any atom is 0.253 e. The number of carbonyl (C=O) groups excluding carboxylic acids is 1. The van der Waals surface area contributed by atoms with Crippen molar-refractivity contribution in [2.45, 2.75) is 18.8 Å². The molecule has 1 amide bonds. The normalized spacial score (nSPS) is 16.6. The molecule has 1 aliphatic rings. The van der Waals surface area contributed by atoms with E-state index in [1.807, 2.05) is 4.90 Å². The lowest BCUT2D eigenvalue weighted by molar-refractivity contribution is 0.0706. The van der Waals surface area contributed by atoms with Gasteiger partial charge >= 0.3 is 0 Å². The number of nitriles is 1. The van der Waals surface area contributed by atoms with Crippen LogP contribution in [-0.2, 0) is 0 Å². The molecular weight excluding hydrogens is 355 g/mol. The minimum Gasteiger partial charge on any atom is -0.338 e. The largest absolute Gasteiger partial charge is 0.338 e. The highest BCUT2D eigenvalue weighted by molar-refractivity contribution is 5.94. The number of piperidine rings is 1. The molecule has 0 radical (unpaired) electrons. The fourth-order valence-corrected chi connectivity index (χ4v) is 3.73. The second kappa shape index (κ2) is 7.65. The molecule has 1 saturated heterocycles. The number of H-pyrrole nitrogens is 1. The zero-order valence-corrected chi connectivity index (χ0v) is 15.2. The molecule has 1 atom stereocenters. The van der Waals surface area contributed by atoms with E-state index in [1.165, 1.54) is 12.1 Å². The van der Waals surface area contributed by atoms with Gasteiger partial charge in [-0.25, -0.2) is 4.39 Å². The van der Waals surface area contributed by atoms with Gasteiger partial charge in [0.25, 0.3) is 5.91 Å². The van der Waals surface area contributed by atoms with Gasteiger partial charge in [-0.05, 0) is 54.8 Å². The number of nitrogens with zero attached hydrogens (tertiary/aromatic N) is 3. The summed E-state index contributed by atoms with van der Waals surface area (Å²) in [5.74, 6) is -0.165. The first kappa shape index (κ1) is 17.9. The summed E-state index contributed by atoms with van der Waals surface area (Å²) in [6.07, 6.45) is 3.60. The van der Waals surface area contributed by atoms with Gasteiger partial charge in [0.2, 0.25) is 0 Å². The predicted molar refractivity (Wildman–Crippen MR) is 103 cm³/mol. The third kappa shape index (κ3) is 3.52. The highest BCUT2D eigenvalue weighted by atomic mass is 19.1. The Bertz CT molecular complexity index is 1020. The average Bonchev–Trinajstić information content (AvgIpc) is 3.24. The summed E-state index contributed by atoms with van der Waals surface area (Å²) in [5.41, 5.74) is 3.94. The third-order valence-electron chi connectivity index (χ3n) is 5.20. The predicted octanol–water partition coefficient (Wildman–Crippen LogP) is 4.11. The number of benzene rings is 2. The molecule has 3 aromatic rings. The number of amides is 1. The first-order valence-electron chi connectivity index (χ1n) is 9.24. The van der Waals surface area contributed by atoms with Gasteiger partial charge in [-0.3, -0.25) is 9.89 Å². The van der Waals surface area contributed by atoms with Crippen molar-refractivity contribution < 1.29 is 9.18 Å². The van der Waals surface area contributed by atoms with Gasteiger partial charge in [0.1, 0.15) is 5.82 Å². The third-order valence-corrected chi connectivity index (χ3v) is 5.20. The molecule has 5 nitrogen and oxygen atoms in total. The van der Waals surface area contributed by atoms with Crippen molar-refractivity contribution in [1.29, 1.82) is 5.26 Å². The Hall–Kier alpha value is -3.46. The van der Waals surface area contributed by atoms with E-state index in [1.54, 1.807) is 42.6 Å². The van der Waals surface area contributed by atoms with Crippen LogP contribution in [0.4, 0.5) is 4.39 Å². The Kier molecular flexibility index (Phi) is 4.90. The minimum absolute atomic E-state index is 0.0305. The number of nitrogens with one attached hydrogen (secondary N) is 1. The molecule has 0 saturated carbocycles. The van der Waals surface area contributed by atoms with Gasteiger partial charge in [0.05, 0.1) is 17.8 Å². The van der Waals surface area contributed by atoms with Crippen molar-refractivity contribution in [3.63, 3.8) is 0 Å². The number of carbonyl (C=O) groups is 1. The van der Waals surface area contributed by atoms with Crippen molar-refractivity contribution in [3.05, 3.63) is 77.4 Å². The number of hydrogen-bond acceptors (Lipinski definition) is 3. The fraction of sp³-hybridized carbons (Fsp3) is 0.227. The number of likely N-dealkylation sites (tertiary alicyclic amines) is 1. The number of rotatable bonds is 3. The van der Waals surface area contributed by atoms with Gasteiger partial charge in [-0.2, -0.15) is 10.4 Å². The average molecular weight is 374 g/mol. The topological polar surface area (TPSA) is 72.8 Å². The monoisotopic (exact) mass is 374 g/mol. The van der Waals surface area contributed by atoms with Crippen LogP contribution in [0.5, 0.6) is 0 Å². The van der Waals surface area contributed by atoms with Crippen LogP contribution in [0.25, 0.3) is 11.1 Å². The Morgan fingerprint density at radius 3 is 2.64 bits per heavy atom. The summed E-state index contributed by atoms with van der Waals surface area (Å²) in [4.78, 5) is 14.7. The SMILES string of the molecule is N#Cc1ccc(C(=O)N2CCCC(c3[nH]ncc3-c3ccc(F)cc3)C2)cc1. The molecule has 0 bridgehead atoms. The Morgan fingerprint density at radius 2 is 1.93 bits per heavy atom. The summed E-state index contributed by atoms with van der Waals surface area (Å²) in [7, 11) is 0. The maximum absolute atomic E-state index is 13.2. The summed E-state index contributed by atoms with van der Waals surface area (Å²) in [6.45, 7) is 1.30. The van der Waals surface area contributed by atoms with E-state index in [9.17, 15) is 9.18 Å². The van der Waals surface area contributed by atoms with Crippen molar-refractivity contribution in [3.8, 4) is 17.2 Å². The molecule has 1 unspecified atom stereocenters. The summed E-state index contributed by atoms with van der Waals surface area (Å²) in [5, 5.41) is 16.2. The van der Waals surface area contributed by atoms with Crippen molar-refractivity contribution >= 4 is 5.91 Å². The molecule has 6 heteroatoms. The molecule has 0 aliphatic carbocycles. The second-order valence-electron chi connectivity index (χ2n) is 6.98. The lowest BCUT2D eigenvalue weighted by Crippen LogP contribution is -2.39. The van der Waals surface area contributed by atoms with Gasteiger partial charge in [-0.1, -0.05) is 12.1 Å². The highest BCUT2D eigenvalue weighted by Crippen LogP contribution is 2.33. The summed E-state index contributed by atoms with van der Waals surface area (Å²) in [6, 6.07) is 15.1. The van der Waals surface area contributed by atoms with E-state index in [-0.39, 0.29) is 17.6 Å². The van der Waals surface area contributed by atoms with Crippen LogP contribution in [-0.4, -0.2) is 34.1 Å².